The maximum Gasteiger partial charge on any atom is 0.416 e. The van der Waals surface area contributed by atoms with Crippen LogP contribution in [0.1, 0.15) is 15.9 Å². The SMILES string of the molecule is Cn1cc(-c2ccc(C(F)(F)F)cc2)cc(C(=O)O)c1=O. The van der Waals surface area contributed by atoms with Crippen LogP contribution in [0.5, 0.6) is 0 Å². The summed E-state index contributed by atoms with van der Waals surface area (Å²) in [4.78, 5) is 22.6. The number of aryl methyl sites for hydroxylation is 1. The molecule has 0 saturated carbocycles. The van der Waals surface area contributed by atoms with E-state index in [1.807, 2.05) is 0 Å². The van der Waals surface area contributed by atoms with Crippen LogP contribution in [0.15, 0.2) is 41.3 Å². The molecule has 1 aromatic heterocycles. The minimum atomic E-state index is -4.44. The molecule has 0 spiro atoms. The molecule has 2 aromatic rings. The van der Waals surface area contributed by atoms with Gasteiger partial charge in [0.05, 0.1) is 5.56 Å². The molecule has 7 heteroatoms. The molecule has 4 nitrogen and oxygen atoms in total. The third-order valence-electron chi connectivity index (χ3n) is 2.96. The highest BCUT2D eigenvalue weighted by Gasteiger charge is 2.30. The number of carboxylic acid groups (broad SMARTS) is 1. The molecule has 0 aliphatic rings. The summed E-state index contributed by atoms with van der Waals surface area (Å²) >= 11 is 0. The third-order valence-corrected chi connectivity index (χ3v) is 2.96. The molecule has 1 N–H and O–H groups in total. The van der Waals surface area contributed by atoms with Crippen molar-refractivity contribution in [3.63, 3.8) is 0 Å². The number of pyridine rings is 1. The Labute approximate surface area is 117 Å². The smallest absolute Gasteiger partial charge is 0.416 e. The first-order valence-electron chi connectivity index (χ1n) is 5.82. The van der Waals surface area contributed by atoms with E-state index < -0.39 is 28.8 Å². The number of carbonyl (C=O) groups is 1. The van der Waals surface area contributed by atoms with E-state index in [4.69, 9.17) is 5.11 Å². The summed E-state index contributed by atoms with van der Waals surface area (Å²) in [6.07, 6.45) is -3.06. The van der Waals surface area contributed by atoms with Crippen LogP contribution in [-0.2, 0) is 13.2 Å². The van der Waals surface area contributed by atoms with E-state index in [-0.39, 0.29) is 0 Å². The zero-order valence-corrected chi connectivity index (χ0v) is 10.8. The van der Waals surface area contributed by atoms with Gasteiger partial charge in [0.15, 0.2) is 0 Å². The van der Waals surface area contributed by atoms with Gasteiger partial charge < -0.3 is 9.67 Å². The highest BCUT2D eigenvalue weighted by atomic mass is 19.4. The molecule has 0 saturated heterocycles. The molecule has 0 aliphatic heterocycles. The first-order chi connectivity index (χ1) is 9.70. The van der Waals surface area contributed by atoms with E-state index in [1.54, 1.807) is 0 Å². The third kappa shape index (κ3) is 2.96. The van der Waals surface area contributed by atoms with Gasteiger partial charge in [0.1, 0.15) is 5.56 Å². The molecule has 0 unspecified atom stereocenters. The van der Waals surface area contributed by atoms with Crippen LogP contribution in [0.2, 0.25) is 0 Å². The quantitative estimate of drug-likeness (QED) is 0.927. The van der Waals surface area contributed by atoms with Gasteiger partial charge in [0.2, 0.25) is 0 Å². The molecule has 0 aliphatic carbocycles. The molecular formula is C14H10F3NO3. The van der Waals surface area contributed by atoms with Crippen LogP contribution in [0, 0.1) is 0 Å². The van der Waals surface area contributed by atoms with Gasteiger partial charge in [-0.05, 0) is 29.3 Å². The Morgan fingerprint density at radius 1 is 1.14 bits per heavy atom. The minimum absolute atomic E-state index is 0.350. The van der Waals surface area contributed by atoms with Crippen LogP contribution in [0.4, 0.5) is 13.2 Å². The van der Waals surface area contributed by atoms with Crippen molar-refractivity contribution in [1.82, 2.24) is 4.57 Å². The van der Waals surface area contributed by atoms with E-state index in [9.17, 15) is 22.8 Å². The van der Waals surface area contributed by atoms with Crippen molar-refractivity contribution in [1.29, 1.82) is 0 Å². The molecule has 1 aromatic carbocycles. The van der Waals surface area contributed by atoms with Gasteiger partial charge in [-0.25, -0.2) is 4.79 Å². The first kappa shape index (κ1) is 14.8. The number of aromatic carboxylic acids is 1. The van der Waals surface area contributed by atoms with Crippen molar-refractivity contribution in [3.8, 4) is 11.1 Å². The van der Waals surface area contributed by atoms with Gasteiger partial charge in [-0.1, -0.05) is 12.1 Å². The number of aromatic nitrogens is 1. The lowest BCUT2D eigenvalue weighted by atomic mass is 10.0. The Kier molecular flexibility index (Phi) is 3.59. The molecule has 0 fully saturated rings. The van der Waals surface area contributed by atoms with Crippen molar-refractivity contribution in [2.45, 2.75) is 6.18 Å². The van der Waals surface area contributed by atoms with Gasteiger partial charge in [-0.2, -0.15) is 13.2 Å². The van der Waals surface area contributed by atoms with Crippen LogP contribution < -0.4 is 5.56 Å². The summed E-state index contributed by atoms with van der Waals surface area (Å²) < 4.78 is 38.5. The van der Waals surface area contributed by atoms with E-state index in [2.05, 4.69) is 0 Å². The van der Waals surface area contributed by atoms with Gasteiger partial charge in [-0.15, -0.1) is 0 Å². The van der Waals surface area contributed by atoms with Gasteiger partial charge in [0.25, 0.3) is 5.56 Å². The summed E-state index contributed by atoms with van der Waals surface area (Å²) in [5.41, 5.74) is -1.17. The van der Waals surface area contributed by atoms with Crippen LogP contribution in [0.25, 0.3) is 11.1 Å². The summed E-state index contributed by atoms with van der Waals surface area (Å²) in [5, 5.41) is 8.95. The Hall–Kier alpha value is -2.57. The Morgan fingerprint density at radius 2 is 1.71 bits per heavy atom. The molecular weight excluding hydrogens is 287 g/mol. The predicted molar refractivity (Wildman–Crippen MR) is 69.1 cm³/mol. The van der Waals surface area contributed by atoms with Gasteiger partial charge in [0, 0.05) is 13.2 Å². The van der Waals surface area contributed by atoms with E-state index in [0.717, 1.165) is 22.8 Å². The number of alkyl halides is 3. The number of hydrogen-bond donors (Lipinski definition) is 1. The van der Waals surface area contributed by atoms with Crippen LogP contribution in [0.3, 0.4) is 0 Å². The van der Waals surface area contributed by atoms with E-state index >= 15 is 0 Å². The number of nitrogens with zero attached hydrogens (tertiary/aromatic N) is 1. The number of rotatable bonds is 2. The second kappa shape index (κ2) is 5.08. The summed E-state index contributed by atoms with van der Waals surface area (Å²) in [7, 11) is 1.38. The summed E-state index contributed by atoms with van der Waals surface area (Å²) in [6, 6.07) is 5.41. The van der Waals surface area contributed by atoms with E-state index in [0.29, 0.717) is 11.1 Å². The topological polar surface area (TPSA) is 59.3 Å². The van der Waals surface area contributed by atoms with Crippen molar-refractivity contribution < 1.29 is 23.1 Å². The molecule has 21 heavy (non-hydrogen) atoms. The average Bonchev–Trinajstić information content (AvgIpc) is 2.40. The predicted octanol–water partition coefficient (Wildman–Crippen LogP) is 2.77. The molecule has 0 radical (unpaired) electrons. The number of hydrogen-bond acceptors (Lipinski definition) is 2. The first-order valence-corrected chi connectivity index (χ1v) is 5.82. The van der Waals surface area contributed by atoms with Crippen LogP contribution in [-0.4, -0.2) is 15.6 Å². The minimum Gasteiger partial charge on any atom is -0.477 e. The van der Waals surface area contributed by atoms with Gasteiger partial charge >= 0.3 is 12.1 Å². The molecule has 110 valence electrons. The normalized spacial score (nSPS) is 11.4. The zero-order chi connectivity index (χ0) is 15.8. The zero-order valence-electron chi connectivity index (χ0n) is 10.8. The molecule has 0 atom stereocenters. The average molecular weight is 297 g/mol. The molecule has 0 bridgehead atoms. The van der Waals surface area contributed by atoms with Crippen molar-refractivity contribution in [3.05, 3.63) is 58.0 Å². The second-order valence-electron chi connectivity index (χ2n) is 4.44. The molecule has 2 rings (SSSR count). The Bertz CT molecular complexity index is 746. The van der Waals surface area contributed by atoms with Crippen LogP contribution >= 0.6 is 0 Å². The van der Waals surface area contributed by atoms with Gasteiger partial charge in [-0.3, -0.25) is 4.79 Å². The maximum absolute atomic E-state index is 12.5. The fourth-order valence-electron chi connectivity index (χ4n) is 1.87. The monoisotopic (exact) mass is 297 g/mol. The summed E-state index contributed by atoms with van der Waals surface area (Å²) in [6.45, 7) is 0. The fraction of sp³-hybridized carbons (Fsp3) is 0.143. The number of halogens is 3. The molecule has 1 heterocycles. The van der Waals surface area contributed by atoms with Crippen molar-refractivity contribution >= 4 is 5.97 Å². The Morgan fingerprint density at radius 3 is 2.19 bits per heavy atom. The lowest BCUT2D eigenvalue weighted by molar-refractivity contribution is -0.137. The van der Waals surface area contributed by atoms with Crippen molar-refractivity contribution in [2.75, 3.05) is 0 Å². The maximum atomic E-state index is 12.5. The second-order valence-corrected chi connectivity index (χ2v) is 4.44. The number of carboxylic acids is 1. The fourth-order valence-corrected chi connectivity index (χ4v) is 1.87. The largest absolute Gasteiger partial charge is 0.477 e. The highest BCUT2D eigenvalue weighted by molar-refractivity contribution is 5.88. The van der Waals surface area contributed by atoms with Crippen molar-refractivity contribution in [2.24, 2.45) is 7.05 Å². The highest BCUT2D eigenvalue weighted by Crippen LogP contribution is 2.30. The lowest BCUT2D eigenvalue weighted by Crippen LogP contribution is -2.23. The molecule has 0 amide bonds. The standard InChI is InChI=1S/C14H10F3NO3/c1-18-7-9(6-11(12(18)19)13(20)21)8-2-4-10(5-3-8)14(15,16)17/h2-7H,1H3,(H,20,21). The lowest BCUT2D eigenvalue weighted by Gasteiger charge is -2.09. The Balaban J connectivity index is 2.52. The number of benzene rings is 1. The summed E-state index contributed by atoms with van der Waals surface area (Å²) in [5.74, 6) is -1.38. The van der Waals surface area contributed by atoms with E-state index in [1.165, 1.54) is 25.4 Å².